The van der Waals surface area contributed by atoms with Crippen molar-refractivity contribution in [1.29, 1.82) is 0 Å². The van der Waals surface area contributed by atoms with Crippen molar-refractivity contribution in [1.82, 2.24) is 0 Å². The molecule has 1 nitrogen and oxygen atoms in total. The Morgan fingerprint density at radius 1 is 0.300 bits per heavy atom. The molecule has 9 aromatic rings. The van der Waals surface area contributed by atoms with E-state index in [1.165, 1.54) is 93.5 Å². The summed E-state index contributed by atoms with van der Waals surface area (Å²) in [5.74, 6) is 1.83. The number of ether oxygens (including phenoxy) is 1. The number of fused-ring (bicyclic) bond motifs is 17. The van der Waals surface area contributed by atoms with Gasteiger partial charge in [0.1, 0.15) is 11.5 Å². The summed E-state index contributed by atoms with van der Waals surface area (Å²) in [4.78, 5) is 0. The van der Waals surface area contributed by atoms with E-state index in [-0.39, 0.29) is 0 Å². The summed E-state index contributed by atoms with van der Waals surface area (Å²) >= 11 is 0. The Morgan fingerprint density at radius 2 is 0.840 bits per heavy atom. The van der Waals surface area contributed by atoms with Gasteiger partial charge in [-0.05, 0) is 100 Å². The minimum atomic E-state index is -0.466. The van der Waals surface area contributed by atoms with Crippen LogP contribution in [0.2, 0.25) is 0 Å². The summed E-state index contributed by atoms with van der Waals surface area (Å²) in [7, 11) is 0. The van der Waals surface area contributed by atoms with Crippen molar-refractivity contribution in [3.8, 4) is 56.0 Å². The lowest BCUT2D eigenvalue weighted by molar-refractivity contribution is 0.487. The van der Waals surface area contributed by atoms with Crippen LogP contribution in [-0.4, -0.2) is 0 Å². The molecule has 1 aliphatic heterocycles. The third-order valence-corrected chi connectivity index (χ3v) is 11.7. The predicted molar refractivity (Wildman–Crippen MR) is 206 cm³/mol. The Kier molecular flexibility index (Phi) is 4.97. The molecule has 1 unspecified atom stereocenters. The molecule has 0 aromatic heterocycles. The Balaban J connectivity index is 1.24. The molecule has 0 N–H and O–H groups in total. The van der Waals surface area contributed by atoms with Crippen LogP contribution in [0.1, 0.15) is 22.3 Å². The number of hydrogen-bond acceptors (Lipinski definition) is 1. The largest absolute Gasteiger partial charge is 0.456 e. The molecule has 1 atom stereocenters. The molecule has 9 aromatic carbocycles. The van der Waals surface area contributed by atoms with Crippen molar-refractivity contribution >= 4 is 32.3 Å². The maximum absolute atomic E-state index is 6.52. The summed E-state index contributed by atoms with van der Waals surface area (Å²) < 4.78 is 6.52. The first-order valence-electron chi connectivity index (χ1n) is 17.4. The quantitative estimate of drug-likeness (QED) is 0.164. The minimum absolute atomic E-state index is 0.466. The predicted octanol–water partition coefficient (Wildman–Crippen LogP) is 12.9. The summed E-state index contributed by atoms with van der Waals surface area (Å²) in [6.07, 6.45) is 0. The molecule has 1 spiro atoms. The Morgan fingerprint density at radius 3 is 1.64 bits per heavy atom. The summed E-state index contributed by atoms with van der Waals surface area (Å²) in [6, 6.07) is 62.9. The van der Waals surface area contributed by atoms with Crippen LogP contribution in [0.4, 0.5) is 0 Å². The average Bonchev–Trinajstić information content (AvgIpc) is 3.66. The van der Waals surface area contributed by atoms with Gasteiger partial charge in [-0.15, -0.1) is 0 Å². The zero-order chi connectivity index (χ0) is 32.6. The molecule has 230 valence electrons. The molecule has 12 rings (SSSR count). The van der Waals surface area contributed by atoms with Gasteiger partial charge in [0, 0.05) is 10.9 Å². The lowest BCUT2D eigenvalue weighted by Gasteiger charge is -2.32. The van der Waals surface area contributed by atoms with Gasteiger partial charge in [0.25, 0.3) is 0 Å². The highest BCUT2D eigenvalue weighted by Gasteiger charge is 2.53. The topological polar surface area (TPSA) is 9.23 Å². The lowest BCUT2D eigenvalue weighted by atomic mass is 9.69. The molecule has 50 heavy (non-hydrogen) atoms. The van der Waals surface area contributed by atoms with E-state index in [0.29, 0.717) is 0 Å². The minimum Gasteiger partial charge on any atom is -0.456 e. The molecule has 2 aliphatic carbocycles. The van der Waals surface area contributed by atoms with Crippen LogP contribution in [0.5, 0.6) is 11.5 Å². The number of para-hydroxylation sites is 1. The van der Waals surface area contributed by atoms with Crippen molar-refractivity contribution < 1.29 is 4.74 Å². The Hall–Kier alpha value is -6.44. The molecule has 3 aliphatic rings. The molecule has 0 saturated carbocycles. The third-order valence-electron chi connectivity index (χ3n) is 11.7. The molecule has 0 fully saturated rings. The zero-order valence-corrected chi connectivity index (χ0v) is 27.1. The van der Waals surface area contributed by atoms with Gasteiger partial charge in [-0.1, -0.05) is 158 Å². The van der Waals surface area contributed by atoms with Gasteiger partial charge in [0.05, 0.1) is 5.41 Å². The standard InChI is InChI=1S/C49H28O/c1-3-16-35-29(13-1)30-14-2-4-17-37(30)48-47(35)39-19-6-9-24-41(39)49(48)40-23-8-5-18-38(40)45-33(22-12-25-42(45)49)31-27-28-44-46-34(31)20-11-21-36(46)32-15-7-10-26-43(32)50-44/h1-28H. The van der Waals surface area contributed by atoms with E-state index in [9.17, 15) is 0 Å². The van der Waals surface area contributed by atoms with Gasteiger partial charge in [0.2, 0.25) is 0 Å². The highest BCUT2D eigenvalue weighted by Crippen LogP contribution is 2.66. The van der Waals surface area contributed by atoms with Crippen LogP contribution < -0.4 is 4.74 Å². The van der Waals surface area contributed by atoms with E-state index < -0.39 is 5.41 Å². The van der Waals surface area contributed by atoms with Gasteiger partial charge >= 0.3 is 0 Å². The van der Waals surface area contributed by atoms with Gasteiger partial charge in [-0.3, -0.25) is 0 Å². The number of hydrogen-bond donors (Lipinski definition) is 0. The molecule has 1 heterocycles. The second kappa shape index (κ2) is 9.37. The second-order valence-electron chi connectivity index (χ2n) is 13.8. The van der Waals surface area contributed by atoms with E-state index in [1.54, 1.807) is 0 Å². The summed E-state index contributed by atoms with van der Waals surface area (Å²) in [5.41, 5.74) is 15.2. The molecule has 0 bridgehead atoms. The van der Waals surface area contributed by atoms with Gasteiger partial charge in [-0.25, -0.2) is 0 Å². The van der Waals surface area contributed by atoms with Crippen molar-refractivity contribution in [3.63, 3.8) is 0 Å². The zero-order valence-electron chi connectivity index (χ0n) is 27.1. The summed E-state index contributed by atoms with van der Waals surface area (Å²) in [6.45, 7) is 0. The average molecular weight is 633 g/mol. The monoisotopic (exact) mass is 632 g/mol. The van der Waals surface area contributed by atoms with Crippen molar-refractivity contribution in [2.75, 3.05) is 0 Å². The van der Waals surface area contributed by atoms with Crippen LogP contribution in [0.25, 0.3) is 76.8 Å². The van der Waals surface area contributed by atoms with Crippen molar-refractivity contribution in [2.24, 2.45) is 0 Å². The number of rotatable bonds is 1. The van der Waals surface area contributed by atoms with E-state index in [1.807, 2.05) is 6.07 Å². The van der Waals surface area contributed by atoms with Gasteiger partial charge < -0.3 is 4.74 Å². The maximum atomic E-state index is 6.52. The first-order valence-corrected chi connectivity index (χ1v) is 17.4. The fourth-order valence-corrected chi connectivity index (χ4v) is 9.90. The molecule has 0 radical (unpaired) electrons. The summed E-state index contributed by atoms with van der Waals surface area (Å²) in [5, 5.41) is 7.64. The first-order chi connectivity index (χ1) is 24.8. The van der Waals surface area contributed by atoms with Crippen LogP contribution in [0.15, 0.2) is 170 Å². The van der Waals surface area contributed by atoms with Crippen molar-refractivity contribution in [2.45, 2.75) is 5.41 Å². The van der Waals surface area contributed by atoms with Gasteiger partial charge in [0.15, 0.2) is 0 Å². The maximum Gasteiger partial charge on any atom is 0.135 e. The molecular formula is C49H28O. The first kappa shape index (κ1) is 26.5. The third kappa shape index (κ3) is 3.06. The van der Waals surface area contributed by atoms with Gasteiger partial charge in [-0.2, -0.15) is 0 Å². The molecule has 0 saturated heterocycles. The van der Waals surface area contributed by atoms with Crippen LogP contribution in [0, 0.1) is 0 Å². The normalized spacial score (nSPS) is 15.8. The highest BCUT2D eigenvalue weighted by molar-refractivity contribution is 6.20. The molecular weight excluding hydrogens is 605 g/mol. The second-order valence-corrected chi connectivity index (χ2v) is 13.8. The van der Waals surface area contributed by atoms with Crippen LogP contribution in [0.3, 0.4) is 0 Å². The van der Waals surface area contributed by atoms with Crippen LogP contribution in [-0.2, 0) is 5.41 Å². The van der Waals surface area contributed by atoms with E-state index in [0.717, 1.165) is 17.1 Å². The molecule has 1 heteroatoms. The Labute approximate surface area is 289 Å². The number of benzene rings is 9. The SMILES string of the molecule is c1ccc2c(c1)Oc1ccc(-c3cccc4c3-c3ccccc3C43c4ccccc4-c4c3c3ccccc3c3ccccc43)c3cccc-2c13. The Bertz CT molecular complexity index is 2970. The van der Waals surface area contributed by atoms with E-state index in [2.05, 4.69) is 164 Å². The highest BCUT2D eigenvalue weighted by atomic mass is 16.5. The van der Waals surface area contributed by atoms with Crippen molar-refractivity contribution in [3.05, 3.63) is 192 Å². The van der Waals surface area contributed by atoms with Crippen LogP contribution >= 0.6 is 0 Å². The fourth-order valence-electron chi connectivity index (χ4n) is 9.90. The fraction of sp³-hybridized carbons (Fsp3) is 0.0204. The lowest BCUT2D eigenvalue weighted by Crippen LogP contribution is -2.26. The smallest absolute Gasteiger partial charge is 0.135 e. The van der Waals surface area contributed by atoms with E-state index >= 15 is 0 Å². The van der Waals surface area contributed by atoms with E-state index in [4.69, 9.17) is 4.74 Å². The molecule has 0 amide bonds.